The Hall–Kier alpha value is -1.46. The molecule has 0 fully saturated rings. The molecule has 1 heterocycles. The Kier molecular flexibility index (Phi) is 4.39. The summed E-state index contributed by atoms with van der Waals surface area (Å²) in [6.07, 6.45) is -0.410. The van der Waals surface area contributed by atoms with Gasteiger partial charge in [-0.25, -0.2) is 9.78 Å². The van der Waals surface area contributed by atoms with E-state index < -0.39 is 12.1 Å². The molecule has 1 atom stereocenters. The second-order valence-corrected chi connectivity index (χ2v) is 3.87. The average molecular weight is 224 g/mol. The van der Waals surface area contributed by atoms with Crippen LogP contribution in [0.5, 0.6) is 0 Å². The summed E-state index contributed by atoms with van der Waals surface area (Å²) in [4.78, 5) is 16.6. The van der Waals surface area contributed by atoms with E-state index in [1.807, 2.05) is 11.9 Å². The number of carboxylic acid groups (broad SMARTS) is 1. The van der Waals surface area contributed by atoms with Crippen LogP contribution in [0.3, 0.4) is 0 Å². The molecule has 0 spiro atoms. The van der Waals surface area contributed by atoms with Crippen molar-refractivity contribution < 1.29 is 15.0 Å². The number of aromatic nitrogens is 1. The Labute approximate surface area is 94.4 Å². The van der Waals surface area contributed by atoms with Crippen molar-refractivity contribution in [1.29, 1.82) is 0 Å². The van der Waals surface area contributed by atoms with Crippen LogP contribution in [0.4, 0.5) is 0 Å². The van der Waals surface area contributed by atoms with Crippen molar-refractivity contribution in [2.75, 3.05) is 13.6 Å². The van der Waals surface area contributed by atoms with Crippen LogP contribution in [0.1, 0.15) is 23.1 Å². The molecular formula is C11H16N2O3. The van der Waals surface area contributed by atoms with Crippen molar-refractivity contribution in [3.05, 3.63) is 29.6 Å². The van der Waals surface area contributed by atoms with Gasteiger partial charge in [0.25, 0.3) is 0 Å². The fourth-order valence-electron chi connectivity index (χ4n) is 1.48. The number of nitrogens with zero attached hydrogens (tertiary/aromatic N) is 2. The minimum Gasteiger partial charge on any atom is -0.477 e. The lowest BCUT2D eigenvalue weighted by Gasteiger charge is -2.17. The topological polar surface area (TPSA) is 73.7 Å². The number of pyridine rings is 1. The highest BCUT2D eigenvalue weighted by Gasteiger charge is 2.08. The fourth-order valence-corrected chi connectivity index (χ4v) is 1.48. The summed E-state index contributed by atoms with van der Waals surface area (Å²) >= 11 is 0. The third-order valence-corrected chi connectivity index (χ3v) is 2.03. The number of carbonyl (C=O) groups is 1. The summed E-state index contributed by atoms with van der Waals surface area (Å²) in [7, 11) is 1.85. The molecule has 5 heteroatoms. The van der Waals surface area contributed by atoms with Gasteiger partial charge in [0.2, 0.25) is 0 Å². The average Bonchev–Trinajstić information content (AvgIpc) is 2.16. The van der Waals surface area contributed by atoms with Crippen molar-refractivity contribution in [2.45, 2.75) is 19.6 Å². The van der Waals surface area contributed by atoms with Gasteiger partial charge in [0.15, 0.2) is 0 Å². The number of hydrogen-bond donors (Lipinski definition) is 2. The van der Waals surface area contributed by atoms with E-state index in [4.69, 9.17) is 5.11 Å². The van der Waals surface area contributed by atoms with Crippen molar-refractivity contribution >= 4 is 5.97 Å². The first-order valence-corrected chi connectivity index (χ1v) is 5.05. The molecule has 1 unspecified atom stereocenters. The molecule has 1 aromatic heterocycles. The third kappa shape index (κ3) is 3.96. The summed E-state index contributed by atoms with van der Waals surface area (Å²) in [6, 6.07) is 4.90. The number of aromatic carboxylic acids is 1. The Bertz CT molecular complexity index is 366. The highest BCUT2D eigenvalue weighted by molar-refractivity contribution is 5.85. The van der Waals surface area contributed by atoms with Crippen molar-refractivity contribution in [2.24, 2.45) is 0 Å². The van der Waals surface area contributed by atoms with Crippen LogP contribution in [0.2, 0.25) is 0 Å². The van der Waals surface area contributed by atoms with Gasteiger partial charge in [-0.3, -0.25) is 4.90 Å². The molecule has 0 amide bonds. The van der Waals surface area contributed by atoms with Gasteiger partial charge in [-0.05, 0) is 26.1 Å². The van der Waals surface area contributed by atoms with Crippen LogP contribution < -0.4 is 0 Å². The van der Waals surface area contributed by atoms with Gasteiger partial charge >= 0.3 is 5.97 Å². The Balaban J connectivity index is 2.66. The van der Waals surface area contributed by atoms with Crippen LogP contribution in [-0.4, -0.2) is 45.8 Å². The maximum absolute atomic E-state index is 10.7. The maximum atomic E-state index is 10.7. The predicted octanol–water partition coefficient (Wildman–Crippen LogP) is 0.592. The normalized spacial score (nSPS) is 12.8. The molecule has 0 aliphatic carbocycles. The van der Waals surface area contributed by atoms with Crippen LogP contribution in [-0.2, 0) is 6.54 Å². The lowest BCUT2D eigenvalue weighted by Crippen LogP contribution is -2.27. The molecule has 1 aromatic rings. The maximum Gasteiger partial charge on any atom is 0.354 e. The number of likely N-dealkylation sites (N-methyl/N-ethyl adjacent to an activating group) is 1. The molecular weight excluding hydrogens is 208 g/mol. The molecule has 0 radical (unpaired) electrons. The van der Waals surface area contributed by atoms with Crippen molar-refractivity contribution in [1.82, 2.24) is 9.88 Å². The summed E-state index contributed by atoms with van der Waals surface area (Å²) in [5.74, 6) is -1.03. The largest absolute Gasteiger partial charge is 0.477 e. The molecule has 5 nitrogen and oxygen atoms in total. The van der Waals surface area contributed by atoms with Crippen molar-refractivity contribution in [3.8, 4) is 0 Å². The Morgan fingerprint density at radius 2 is 2.25 bits per heavy atom. The van der Waals surface area contributed by atoms with Crippen LogP contribution in [0.15, 0.2) is 18.2 Å². The fraction of sp³-hybridized carbons (Fsp3) is 0.455. The molecule has 16 heavy (non-hydrogen) atoms. The first-order valence-electron chi connectivity index (χ1n) is 5.05. The minimum atomic E-state index is -1.03. The van der Waals surface area contributed by atoms with E-state index in [1.165, 1.54) is 6.07 Å². The van der Waals surface area contributed by atoms with Gasteiger partial charge < -0.3 is 10.2 Å². The molecule has 0 aliphatic heterocycles. The number of hydrogen-bond acceptors (Lipinski definition) is 4. The monoisotopic (exact) mass is 224 g/mol. The van der Waals surface area contributed by atoms with Gasteiger partial charge in [-0.1, -0.05) is 6.07 Å². The zero-order valence-corrected chi connectivity index (χ0v) is 9.42. The standard InChI is InChI=1S/C11H16N2O3/c1-8(14)6-13(2)7-9-4-3-5-10(12-9)11(15)16/h3-5,8,14H,6-7H2,1-2H3,(H,15,16). The zero-order chi connectivity index (χ0) is 12.1. The first kappa shape index (κ1) is 12.6. The number of aliphatic hydroxyl groups is 1. The van der Waals surface area contributed by atoms with Gasteiger partial charge in [0, 0.05) is 13.1 Å². The molecule has 0 saturated carbocycles. The van der Waals surface area contributed by atoms with E-state index in [1.54, 1.807) is 19.1 Å². The molecule has 1 rings (SSSR count). The summed E-state index contributed by atoms with van der Waals surface area (Å²) in [5.41, 5.74) is 0.728. The van der Waals surface area contributed by atoms with E-state index in [-0.39, 0.29) is 5.69 Å². The zero-order valence-electron chi connectivity index (χ0n) is 9.42. The van der Waals surface area contributed by atoms with Crippen molar-refractivity contribution in [3.63, 3.8) is 0 Å². The lowest BCUT2D eigenvalue weighted by molar-refractivity contribution is 0.0689. The second kappa shape index (κ2) is 5.58. The lowest BCUT2D eigenvalue weighted by atomic mass is 10.3. The minimum absolute atomic E-state index is 0.0444. The second-order valence-electron chi connectivity index (χ2n) is 3.87. The van der Waals surface area contributed by atoms with Crippen LogP contribution in [0, 0.1) is 0 Å². The quantitative estimate of drug-likeness (QED) is 0.765. The third-order valence-electron chi connectivity index (χ3n) is 2.03. The SMILES string of the molecule is CC(O)CN(C)Cc1cccc(C(=O)O)n1. The first-order chi connectivity index (χ1) is 7.49. The molecule has 0 saturated heterocycles. The van der Waals surface area contributed by atoms with E-state index >= 15 is 0 Å². The smallest absolute Gasteiger partial charge is 0.354 e. The number of aliphatic hydroxyl groups excluding tert-OH is 1. The number of carboxylic acids is 1. The van der Waals surface area contributed by atoms with E-state index in [0.717, 1.165) is 0 Å². The highest BCUT2D eigenvalue weighted by atomic mass is 16.4. The summed E-state index contributed by atoms with van der Waals surface area (Å²) < 4.78 is 0. The molecule has 2 N–H and O–H groups in total. The Morgan fingerprint density at radius 1 is 1.56 bits per heavy atom. The summed E-state index contributed by atoms with van der Waals surface area (Å²) in [6.45, 7) is 2.75. The molecule has 0 aliphatic rings. The number of rotatable bonds is 5. The van der Waals surface area contributed by atoms with Gasteiger partial charge in [-0.2, -0.15) is 0 Å². The molecule has 0 bridgehead atoms. The van der Waals surface area contributed by atoms with Gasteiger partial charge in [0.05, 0.1) is 11.8 Å². The van der Waals surface area contributed by atoms with Crippen LogP contribution in [0.25, 0.3) is 0 Å². The van der Waals surface area contributed by atoms with E-state index in [2.05, 4.69) is 4.98 Å². The van der Waals surface area contributed by atoms with Gasteiger partial charge in [0.1, 0.15) is 5.69 Å². The summed E-state index contributed by atoms with van der Waals surface area (Å²) in [5, 5.41) is 18.0. The highest BCUT2D eigenvalue weighted by Crippen LogP contribution is 2.03. The Morgan fingerprint density at radius 3 is 2.81 bits per heavy atom. The van der Waals surface area contributed by atoms with Gasteiger partial charge in [-0.15, -0.1) is 0 Å². The molecule has 0 aromatic carbocycles. The predicted molar refractivity (Wildman–Crippen MR) is 59.2 cm³/mol. The van der Waals surface area contributed by atoms with E-state index in [9.17, 15) is 9.90 Å². The molecule has 88 valence electrons. The van der Waals surface area contributed by atoms with Crippen LogP contribution >= 0.6 is 0 Å². The van der Waals surface area contributed by atoms with E-state index in [0.29, 0.717) is 18.8 Å².